The molecule has 4 nitrogen and oxygen atoms in total. The molecule has 0 saturated heterocycles. The van der Waals surface area contributed by atoms with Gasteiger partial charge in [-0.15, -0.1) is 0 Å². The van der Waals surface area contributed by atoms with Crippen molar-refractivity contribution in [3.05, 3.63) is 42.5 Å². The van der Waals surface area contributed by atoms with Crippen molar-refractivity contribution in [3.8, 4) is 5.75 Å². The van der Waals surface area contributed by atoms with Crippen LogP contribution in [-0.4, -0.2) is 30.3 Å². The van der Waals surface area contributed by atoms with Gasteiger partial charge in [-0.25, -0.2) is 0 Å². The van der Waals surface area contributed by atoms with E-state index in [1.54, 1.807) is 30.3 Å². The molecular weight excluding hydrogens is 242 g/mol. The molecule has 0 aliphatic carbocycles. The van der Waals surface area contributed by atoms with Crippen LogP contribution in [0.2, 0.25) is 0 Å². The van der Waals surface area contributed by atoms with Crippen LogP contribution >= 0.6 is 0 Å². The van der Waals surface area contributed by atoms with Crippen molar-refractivity contribution in [2.24, 2.45) is 0 Å². The van der Waals surface area contributed by atoms with Gasteiger partial charge in [0, 0.05) is 18.2 Å². The molecule has 19 heavy (non-hydrogen) atoms. The van der Waals surface area contributed by atoms with Crippen LogP contribution in [0.3, 0.4) is 0 Å². The smallest absolute Gasteiger partial charge is 0.251 e. The average Bonchev–Trinajstić information content (AvgIpc) is 2.43. The second kappa shape index (κ2) is 8.32. The standard InChI is InChI=1S/C15H21NO3/c1-3-11-19-14-8-6-13(7-9-14)15(18)16-12(2)5-4-10-17/h3,6-9,12,17H,1,4-5,10-11H2,2H3,(H,16,18). The Kier molecular flexibility index (Phi) is 6.68. The summed E-state index contributed by atoms with van der Waals surface area (Å²) in [5, 5.41) is 11.6. The number of carbonyl (C=O) groups excluding carboxylic acids is 1. The maximum Gasteiger partial charge on any atom is 0.251 e. The molecule has 1 atom stereocenters. The van der Waals surface area contributed by atoms with E-state index >= 15 is 0 Å². The van der Waals surface area contributed by atoms with E-state index in [1.807, 2.05) is 6.92 Å². The quantitative estimate of drug-likeness (QED) is 0.706. The van der Waals surface area contributed by atoms with Crippen molar-refractivity contribution in [1.29, 1.82) is 0 Å². The fourth-order valence-corrected chi connectivity index (χ4v) is 1.63. The van der Waals surface area contributed by atoms with E-state index in [0.29, 0.717) is 24.3 Å². The lowest BCUT2D eigenvalue weighted by Gasteiger charge is -2.13. The van der Waals surface area contributed by atoms with Crippen molar-refractivity contribution < 1.29 is 14.6 Å². The highest BCUT2D eigenvalue weighted by molar-refractivity contribution is 5.94. The van der Waals surface area contributed by atoms with Crippen LogP contribution in [-0.2, 0) is 0 Å². The van der Waals surface area contributed by atoms with E-state index in [-0.39, 0.29) is 18.6 Å². The van der Waals surface area contributed by atoms with Gasteiger partial charge in [-0.05, 0) is 44.0 Å². The summed E-state index contributed by atoms with van der Waals surface area (Å²) in [6.45, 7) is 6.09. The number of aliphatic hydroxyl groups excluding tert-OH is 1. The predicted octanol–water partition coefficient (Wildman–Crippen LogP) is 2.14. The first-order chi connectivity index (χ1) is 9.17. The minimum Gasteiger partial charge on any atom is -0.490 e. The van der Waals surface area contributed by atoms with E-state index in [1.165, 1.54) is 0 Å². The minimum atomic E-state index is -0.110. The third-order valence-electron chi connectivity index (χ3n) is 2.66. The number of hydrogen-bond acceptors (Lipinski definition) is 3. The summed E-state index contributed by atoms with van der Waals surface area (Å²) in [6.07, 6.45) is 3.13. The molecule has 0 bridgehead atoms. The first kappa shape index (κ1) is 15.2. The van der Waals surface area contributed by atoms with E-state index in [9.17, 15) is 4.79 Å². The Morgan fingerprint density at radius 3 is 2.74 bits per heavy atom. The van der Waals surface area contributed by atoms with E-state index in [4.69, 9.17) is 9.84 Å². The minimum absolute atomic E-state index is 0.0522. The number of hydrogen-bond donors (Lipinski definition) is 2. The van der Waals surface area contributed by atoms with Crippen LogP contribution in [0, 0.1) is 0 Å². The predicted molar refractivity (Wildman–Crippen MR) is 75.4 cm³/mol. The summed E-state index contributed by atoms with van der Waals surface area (Å²) in [4.78, 5) is 11.9. The third kappa shape index (κ3) is 5.57. The van der Waals surface area contributed by atoms with Crippen molar-refractivity contribution in [1.82, 2.24) is 5.32 Å². The Balaban J connectivity index is 2.50. The maximum atomic E-state index is 11.9. The van der Waals surface area contributed by atoms with Crippen LogP contribution in [0.5, 0.6) is 5.75 Å². The third-order valence-corrected chi connectivity index (χ3v) is 2.66. The van der Waals surface area contributed by atoms with Gasteiger partial charge < -0.3 is 15.2 Å². The molecular formula is C15H21NO3. The van der Waals surface area contributed by atoms with Crippen LogP contribution in [0.1, 0.15) is 30.1 Å². The molecule has 0 aliphatic rings. The molecule has 104 valence electrons. The summed E-state index contributed by atoms with van der Waals surface area (Å²) in [5.41, 5.74) is 0.599. The zero-order valence-corrected chi connectivity index (χ0v) is 11.3. The summed E-state index contributed by atoms with van der Waals surface area (Å²) >= 11 is 0. The molecule has 0 spiro atoms. The van der Waals surface area contributed by atoms with E-state index < -0.39 is 0 Å². The summed E-state index contributed by atoms with van der Waals surface area (Å²) < 4.78 is 5.35. The molecule has 0 heterocycles. The van der Waals surface area contributed by atoms with Gasteiger partial charge in [0.05, 0.1) is 0 Å². The van der Waals surface area contributed by atoms with Crippen LogP contribution in [0.15, 0.2) is 36.9 Å². The number of rotatable bonds is 8. The normalized spacial score (nSPS) is 11.7. The molecule has 1 aromatic carbocycles. The molecule has 1 unspecified atom stereocenters. The zero-order valence-electron chi connectivity index (χ0n) is 11.3. The number of nitrogens with one attached hydrogen (secondary N) is 1. The van der Waals surface area contributed by atoms with Gasteiger partial charge in [-0.3, -0.25) is 4.79 Å². The van der Waals surface area contributed by atoms with Gasteiger partial charge in [0.15, 0.2) is 0 Å². The van der Waals surface area contributed by atoms with E-state index in [0.717, 1.165) is 6.42 Å². The highest BCUT2D eigenvalue weighted by atomic mass is 16.5. The number of amides is 1. The molecule has 0 radical (unpaired) electrons. The maximum absolute atomic E-state index is 11.9. The summed E-state index contributed by atoms with van der Waals surface area (Å²) in [7, 11) is 0. The SMILES string of the molecule is C=CCOc1ccc(C(=O)NC(C)CCCO)cc1. The van der Waals surface area contributed by atoms with Crippen molar-refractivity contribution in [2.45, 2.75) is 25.8 Å². The lowest BCUT2D eigenvalue weighted by molar-refractivity contribution is 0.0936. The lowest BCUT2D eigenvalue weighted by Crippen LogP contribution is -2.32. The Morgan fingerprint density at radius 1 is 1.47 bits per heavy atom. The average molecular weight is 263 g/mol. The van der Waals surface area contributed by atoms with Gasteiger partial charge >= 0.3 is 0 Å². The molecule has 0 saturated carbocycles. The second-order valence-electron chi connectivity index (χ2n) is 4.36. The highest BCUT2D eigenvalue weighted by Gasteiger charge is 2.09. The number of carbonyl (C=O) groups is 1. The monoisotopic (exact) mass is 263 g/mol. The first-order valence-electron chi connectivity index (χ1n) is 6.43. The fourth-order valence-electron chi connectivity index (χ4n) is 1.63. The lowest BCUT2D eigenvalue weighted by atomic mass is 10.1. The number of benzene rings is 1. The molecule has 2 N–H and O–H groups in total. The van der Waals surface area contributed by atoms with Crippen molar-refractivity contribution in [3.63, 3.8) is 0 Å². The van der Waals surface area contributed by atoms with Crippen molar-refractivity contribution in [2.75, 3.05) is 13.2 Å². The van der Waals surface area contributed by atoms with Gasteiger partial charge in [-0.2, -0.15) is 0 Å². The molecule has 1 amide bonds. The van der Waals surface area contributed by atoms with Crippen LogP contribution < -0.4 is 10.1 Å². The van der Waals surface area contributed by atoms with Crippen LogP contribution in [0.25, 0.3) is 0 Å². The van der Waals surface area contributed by atoms with Gasteiger partial charge in [0.2, 0.25) is 0 Å². The fraction of sp³-hybridized carbons (Fsp3) is 0.400. The molecule has 0 aliphatic heterocycles. The van der Waals surface area contributed by atoms with Gasteiger partial charge in [0.25, 0.3) is 5.91 Å². The second-order valence-corrected chi connectivity index (χ2v) is 4.36. The molecule has 0 fully saturated rings. The van der Waals surface area contributed by atoms with Crippen LogP contribution in [0.4, 0.5) is 0 Å². The first-order valence-corrected chi connectivity index (χ1v) is 6.43. The van der Waals surface area contributed by atoms with Gasteiger partial charge in [0.1, 0.15) is 12.4 Å². The number of ether oxygens (including phenoxy) is 1. The Morgan fingerprint density at radius 2 is 2.16 bits per heavy atom. The highest BCUT2D eigenvalue weighted by Crippen LogP contribution is 2.12. The Hall–Kier alpha value is -1.81. The van der Waals surface area contributed by atoms with Gasteiger partial charge in [-0.1, -0.05) is 12.7 Å². The Labute approximate surface area is 114 Å². The largest absolute Gasteiger partial charge is 0.490 e. The Bertz CT molecular complexity index is 400. The van der Waals surface area contributed by atoms with E-state index in [2.05, 4.69) is 11.9 Å². The summed E-state index contributed by atoms with van der Waals surface area (Å²) in [5.74, 6) is 0.602. The number of aliphatic hydroxyl groups is 1. The topological polar surface area (TPSA) is 58.6 Å². The molecule has 0 aromatic heterocycles. The zero-order chi connectivity index (χ0) is 14.1. The molecule has 4 heteroatoms. The van der Waals surface area contributed by atoms with Crippen molar-refractivity contribution >= 4 is 5.91 Å². The molecule has 1 aromatic rings. The summed E-state index contributed by atoms with van der Waals surface area (Å²) in [6, 6.07) is 7.03. The molecule has 1 rings (SSSR count).